The molecule has 7 nitrogen and oxygen atoms in total. The molecule has 0 saturated carbocycles. The zero-order chi connectivity index (χ0) is 18.9. The van der Waals surface area contributed by atoms with E-state index in [4.69, 9.17) is 14.0 Å². The van der Waals surface area contributed by atoms with Crippen molar-refractivity contribution >= 4 is 45.8 Å². The van der Waals surface area contributed by atoms with E-state index in [-0.39, 0.29) is 46.8 Å². The summed E-state index contributed by atoms with van der Waals surface area (Å²) in [7, 11) is -0.0801. The van der Waals surface area contributed by atoms with Gasteiger partial charge in [-0.1, -0.05) is 19.8 Å². The number of quaternary nitrogens is 1. The maximum atomic E-state index is 11.7. The number of hydrogen-bond acceptors (Lipinski definition) is 5. The molecule has 1 aromatic carbocycles. The molecule has 1 rings (SSSR count). The third-order valence-corrected chi connectivity index (χ3v) is 4.72. The normalized spacial score (nSPS) is 11.5. The van der Waals surface area contributed by atoms with Crippen molar-refractivity contribution < 1.29 is 31.7 Å². The Kier molecular flexibility index (Phi) is 11.7. The minimum absolute atomic E-state index is 0. The summed E-state index contributed by atoms with van der Waals surface area (Å²) in [6, 6.07) is 4.85. The molecule has 144 valence electrons. The third kappa shape index (κ3) is 10.5. The fourth-order valence-electron chi connectivity index (χ4n) is 2.26. The van der Waals surface area contributed by atoms with Crippen LogP contribution in [0, 0.1) is 0 Å². The average molecular weight is 398 g/mol. The molecule has 0 saturated heterocycles. The van der Waals surface area contributed by atoms with Crippen LogP contribution in [0.15, 0.2) is 29.2 Å². The Bertz CT molecular complexity index is 646. The molecule has 0 unspecified atom stereocenters. The first kappa shape index (κ1) is 25.4. The molecule has 0 amide bonds. The van der Waals surface area contributed by atoms with Crippen LogP contribution < -0.4 is 4.74 Å². The van der Waals surface area contributed by atoms with Crippen LogP contribution in [0.2, 0.25) is 0 Å². The van der Waals surface area contributed by atoms with Crippen LogP contribution in [-0.2, 0) is 14.9 Å². The van der Waals surface area contributed by atoms with Gasteiger partial charge >= 0.3 is 35.7 Å². The molecule has 0 atom stereocenters. The van der Waals surface area contributed by atoms with Gasteiger partial charge in [-0.25, -0.2) is 4.79 Å². The van der Waals surface area contributed by atoms with Crippen molar-refractivity contribution in [3.63, 3.8) is 0 Å². The summed E-state index contributed by atoms with van der Waals surface area (Å²) in [5.41, 5.74) is 0. The number of ether oxygens (including phenoxy) is 2. The molecule has 0 radical (unpaired) electrons. The van der Waals surface area contributed by atoms with E-state index < -0.39 is 16.3 Å². The summed E-state index contributed by atoms with van der Waals surface area (Å²) >= 11 is 0. The second kappa shape index (κ2) is 11.9. The van der Waals surface area contributed by atoms with E-state index in [2.05, 4.69) is 21.0 Å². The van der Waals surface area contributed by atoms with Gasteiger partial charge in [0.2, 0.25) is 0 Å². The Morgan fingerprint density at radius 1 is 1.08 bits per heavy atom. The molecule has 1 N–H and O–H groups in total. The van der Waals surface area contributed by atoms with Gasteiger partial charge in [0.15, 0.2) is 0 Å². The number of rotatable bonds is 10. The van der Waals surface area contributed by atoms with Gasteiger partial charge < -0.3 is 14.0 Å². The zero-order valence-corrected chi connectivity index (χ0v) is 15.9. The number of carbonyl (C=O) groups is 1. The van der Waals surface area contributed by atoms with Gasteiger partial charge in [-0.05, 0) is 37.1 Å². The first-order valence-electron chi connectivity index (χ1n) is 8.38. The molecule has 0 spiro atoms. The predicted octanol–water partition coefficient (Wildman–Crippen LogP) is 2.46. The summed E-state index contributed by atoms with van der Waals surface area (Å²) < 4.78 is 41.5. The molecule has 26 heavy (non-hydrogen) atoms. The van der Waals surface area contributed by atoms with Gasteiger partial charge in [0.1, 0.15) is 18.9 Å². The third-order valence-electron chi connectivity index (χ3n) is 3.86. The van der Waals surface area contributed by atoms with Crippen LogP contribution in [-0.4, -0.2) is 87.0 Å². The van der Waals surface area contributed by atoms with Gasteiger partial charge in [0, 0.05) is 0 Å². The molecule has 0 aliphatic carbocycles. The standard InChI is InChI=1S/C17H27NO6S.Na.H/c1-4-5-6-7-12-18(2,3)13-14-23-17(19)24-15-8-10-16(11-9-15)25(20,21)22;;/h8-11H,4-7,12-14H2,1-3H3;;/p+1. The van der Waals surface area contributed by atoms with E-state index >= 15 is 0 Å². The van der Waals surface area contributed by atoms with Crippen LogP contribution in [0.3, 0.4) is 0 Å². The minimum atomic E-state index is -4.26. The Morgan fingerprint density at radius 2 is 1.69 bits per heavy atom. The fraction of sp³-hybridized carbons (Fsp3) is 0.588. The first-order chi connectivity index (χ1) is 11.6. The van der Waals surface area contributed by atoms with Crippen LogP contribution in [0.1, 0.15) is 32.6 Å². The van der Waals surface area contributed by atoms with Crippen molar-refractivity contribution in [2.75, 3.05) is 33.8 Å². The van der Waals surface area contributed by atoms with E-state index in [1.807, 2.05) is 0 Å². The van der Waals surface area contributed by atoms with E-state index in [0.29, 0.717) is 6.54 Å². The van der Waals surface area contributed by atoms with Crippen molar-refractivity contribution in [1.82, 2.24) is 0 Å². The summed E-state index contributed by atoms with van der Waals surface area (Å²) in [6.45, 7) is 4.12. The van der Waals surface area contributed by atoms with Gasteiger partial charge in [-0.3, -0.25) is 4.55 Å². The van der Waals surface area contributed by atoms with Crippen molar-refractivity contribution in [3.05, 3.63) is 24.3 Å². The van der Waals surface area contributed by atoms with Gasteiger partial charge in [-0.2, -0.15) is 8.42 Å². The maximum absolute atomic E-state index is 11.7. The summed E-state index contributed by atoms with van der Waals surface area (Å²) in [5.74, 6) is 0.144. The first-order valence-corrected chi connectivity index (χ1v) is 9.82. The van der Waals surface area contributed by atoms with Gasteiger partial charge in [0.25, 0.3) is 10.1 Å². The molecule has 0 aromatic heterocycles. The van der Waals surface area contributed by atoms with E-state index in [9.17, 15) is 13.2 Å². The number of hydrogen-bond donors (Lipinski definition) is 1. The molecule has 0 bridgehead atoms. The number of unbranched alkanes of at least 4 members (excludes halogenated alkanes) is 3. The average Bonchev–Trinajstić information content (AvgIpc) is 2.51. The molecule has 0 fully saturated rings. The topological polar surface area (TPSA) is 89.9 Å². The van der Waals surface area contributed by atoms with Crippen molar-refractivity contribution in [1.29, 1.82) is 0 Å². The second-order valence-corrected chi connectivity index (χ2v) is 8.01. The second-order valence-electron chi connectivity index (χ2n) is 6.59. The molecular formula is C17H29NNaO6S+. The van der Waals surface area contributed by atoms with Gasteiger partial charge in [0.05, 0.1) is 25.5 Å². The Morgan fingerprint density at radius 3 is 2.23 bits per heavy atom. The predicted molar refractivity (Wildman–Crippen MR) is 101 cm³/mol. The van der Waals surface area contributed by atoms with Crippen molar-refractivity contribution in [2.45, 2.75) is 37.5 Å². The SMILES string of the molecule is CCCCCC[N+](C)(C)CCOC(=O)Oc1ccc(S(=O)(=O)O)cc1.[NaH]. The Hall–Kier alpha value is -0.640. The molecule has 1 aromatic rings. The summed E-state index contributed by atoms with van der Waals surface area (Å²) in [5, 5.41) is 0. The molecule has 9 heteroatoms. The van der Waals surface area contributed by atoms with Crippen LogP contribution in [0.25, 0.3) is 0 Å². The van der Waals surface area contributed by atoms with Crippen LogP contribution >= 0.6 is 0 Å². The quantitative estimate of drug-likeness (QED) is 0.163. The fourth-order valence-corrected chi connectivity index (χ4v) is 2.74. The Labute approximate surface area is 178 Å². The Balaban J connectivity index is 0.00000625. The van der Waals surface area contributed by atoms with Crippen molar-refractivity contribution in [3.8, 4) is 5.75 Å². The number of likely N-dealkylation sites (N-methyl/N-ethyl adjacent to an activating group) is 1. The van der Waals surface area contributed by atoms with E-state index in [1.165, 1.54) is 31.4 Å². The van der Waals surface area contributed by atoms with E-state index in [0.717, 1.165) is 29.6 Å². The molecule has 0 heterocycles. The van der Waals surface area contributed by atoms with E-state index in [1.54, 1.807) is 0 Å². The molecule has 0 aliphatic rings. The monoisotopic (exact) mass is 398 g/mol. The van der Waals surface area contributed by atoms with Crippen LogP contribution in [0.4, 0.5) is 4.79 Å². The van der Waals surface area contributed by atoms with Crippen LogP contribution in [0.5, 0.6) is 5.75 Å². The molecular weight excluding hydrogens is 369 g/mol. The summed E-state index contributed by atoms with van der Waals surface area (Å²) in [6.07, 6.45) is 3.95. The zero-order valence-electron chi connectivity index (χ0n) is 15.1. The van der Waals surface area contributed by atoms with Crippen molar-refractivity contribution in [2.24, 2.45) is 0 Å². The van der Waals surface area contributed by atoms with Gasteiger partial charge in [-0.15, -0.1) is 0 Å². The number of nitrogens with zero attached hydrogens (tertiary/aromatic N) is 1. The molecule has 0 aliphatic heterocycles. The summed E-state index contributed by atoms with van der Waals surface area (Å²) in [4.78, 5) is 11.4. The number of benzene rings is 1. The number of carbonyl (C=O) groups excluding carboxylic acids is 1.